The molecule has 0 aliphatic heterocycles. The smallest absolute Gasteiger partial charge is 0.333 e. The van der Waals surface area contributed by atoms with Crippen LogP contribution in [-0.4, -0.2) is 25.3 Å². The first-order valence-electron chi connectivity index (χ1n) is 7.63. The van der Waals surface area contributed by atoms with Crippen LogP contribution in [-0.2, 0) is 9.53 Å². The molecule has 4 nitrogen and oxygen atoms in total. The van der Waals surface area contributed by atoms with Crippen LogP contribution in [0.1, 0.15) is 28.7 Å². The van der Waals surface area contributed by atoms with Crippen molar-refractivity contribution in [2.75, 3.05) is 14.2 Å². The van der Waals surface area contributed by atoms with Crippen molar-refractivity contribution in [3.05, 3.63) is 77.4 Å². The maximum atomic E-state index is 12.0. The van der Waals surface area contributed by atoms with E-state index in [-0.39, 0.29) is 5.57 Å². The number of esters is 1. The molecule has 0 amide bonds. The van der Waals surface area contributed by atoms with Gasteiger partial charge in [0.05, 0.1) is 20.3 Å². The molecule has 24 heavy (non-hydrogen) atoms. The van der Waals surface area contributed by atoms with E-state index in [1.165, 1.54) is 7.11 Å². The largest absolute Gasteiger partial charge is 0.497 e. The van der Waals surface area contributed by atoms with E-state index in [1.807, 2.05) is 31.2 Å². The van der Waals surface area contributed by atoms with Gasteiger partial charge >= 0.3 is 5.97 Å². The fourth-order valence-corrected chi connectivity index (χ4v) is 2.60. The second-order valence-corrected chi connectivity index (χ2v) is 5.62. The second kappa shape index (κ2) is 7.79. The number of carbonyl (C=O) groups is 1. The van der Waals surface area contributed by atoms with Crippen molar-refractivity contribution in [2.45, 2.75) is 18.9 Å². The zero-order valence-electron chi connectivity index (χ0n) is 14.2. The SMILES string of the molecule is C=C(C(=O)OC)[C@H](c1ccc(C)cc1)[C@H](O)c1ccc(OC)cc1. The molecule has 0 fully saturated rings. The summed E-state index contributed by atoms with van der Waals surface area (Å²) in [5.74, 6) is -0.427. The number of aliphatic hydroxyl groups excluding tert-OH is 1. The molecular weight excluding hydrogens is 304 g/mol. The molecule has 1 N–H and O–H groups in total. The third-order valence-electron chi connectivity index (χ3n) is 4.03. The molecule has 0 aromatic heterocycles. The van der Waals surface area contributed by atoms with Gasteiger partial charge in [-0.05, 0) is 30.2 Å². The van der Waals surface area contributed by atoms with Gasteiger partial charge in [-0.15, -0.1) is 0 Å². The summed E-state index contributed by atoms with van der Waals surface area (Å²) in [6.07, 6.45) is -0.926. The number of benzene rings is 2. The highest BCUT2D eigenvalue weighted by Crippen LogP contribution is 2.37. The van der Waals surface area contributed by atoms with Crippen molar-refractivity contribution < 1.29 is 19.4 Å². The Morgan fingerprint density at radius 2 is 1.54 bits per heavy atom. The van der Waals surface area contributed by atoms with Crippen molar-refractivity contribution >= 4 is 5.97 Å². The summed E-state index contributed by atoms with van der Waals surface area (Å²) in [6, 6.07) is 14.7. The van der Waals surface area contributed by atoms with E-state index in [0.29, 0.717) is 11.3 Å². The zero-order valence-corrected chi connectivity index (χ0v) is 14.2. The lowest BCUT2D eigenvalue weighted by molar-refractivity contribution is -0.136. The molecule has 0 saturated carbocycles. The van der Waals surface area contributed by atoms with E-state index in [2.05, 4.69) is 6.58 Å². The van der Waals surface area contributed by atoms with Gasteiger partial charge in [-0.3, -0.25) is 0 Å². The Hall–Kier alpha value is -2.59. The van der Waals surface area contributed by atoms with Gasteiger partial charge in [0.25, 0.3) is 0 Å². The second-order valence-electron chi connectivity index (χ2n) is 5.62. The first kappa shape index (κ1) is 17.8. The minimum atomic E-state index is -0.926. The summed E-state index contributed by atoms with van der Waals surface area (Å²) in [6.45, 7) is 5.83. The van der Waals surface area contributed by atoms with E-state index >= 15 is 0 Å². The molecular formula is C20H22O4. The van der Waals surface area contributed by atoms with Crippen LogP contribution in [0, 0.1) is 6.92 Å². The molecule has 0 bridgehead atoms. The van der Waals surface area contributed by atoms with Crippen molar-refractivity contribution in [2.24, 2.45) is 0 Å². The topological polar surface area (TPSA) is 55.8 Å². The molecule has 126 valence electrons. The van der Waals surface area contributed by atoms with Crippen molar-refractivity contribution in [1.29, 1.82) is 0 Å². The average Bonchev–Trinajstić information content (AvgIpc) is 2.62. The predicted octanol–water partition coefficient (Wildman–Crippen LogP) is 3.55. The summed E-state index contributed by atoms with van der Waals surface area (Å²) in [4.78, 5) is 12.0. The van der Waals surface area contributed by atoms with Crippen molar-refractivity contribution in [1.82, 2.24) is 0 Å². The number of carbonyl (C=O) groups excluding carboxylic acids is 1. The lowest BCUT2D eigenvalue weighted by Gasteiger charge is -2.25. The standard InChI is InChI=1S/C20H22O4/c1-13-5-7-15(8-6-13)18(14(2)20(22)24-4)19(21)16-9-11-17(23-3)12-10-16/h5-12,18-19,21H,2H2,1,3-4H3/t18-,19-/m1/s1. The van der Waals surface area contributed by atoms with Crippen LogP contribution in [0.15, 0.2) is 60.7 Å². The van der Waals surface area contributed by atoms with Gasteiger partial charge in [0, 0.05) is 11.5 Å². The van der Waals surface area contributed by atoms with Crippen LogP contribution >= 0.6 is 0 Å². The van der Waals surface area contributed by atoms with Gasteiger partial charge in [0.15, 0.2) is 0 Å². The maximum absolute atomic E-state index is 12.0. The third kappa shape index (κ3) is 3.84. The van der Waals surface area contributed by atoms with Gasteiger partial charge in [0.1, 0.15) is 5.75 Å². The lowest BCUT2D eigenvalue weighted by atomic mass is 9.83. The Bertz CT molecular complexity index is 701. The Morgan fingerprint density at radius 3 is 2.04 bits per heavy atom. The summed E-state index contributed by atoms with van der Waals surface area (Å²) in [7, 11) is 2.89. The molecule has 0 heterocycles. The normalized spacial score (nSPS) is 13.0. The van der Waals surface area contributed by atoms with Gasteiger partial charge in [-0.1, -0.05) is 48.5 Å². The van der Waals surface area contributed by atoms with Crippen molar-refractivity contribution in [3.63, 3.8) is 0 Å². The first-order chi connectivity index (χ1) is 11.5. The number of ether oxygens (including phenoxy) is 2. The Balaban J connectivity index is 2.41. The third-order valence-corrected chi connectivity index (χ3v) is 4.03. The Labute approximate surface area is 142 Å². The van der Waals surface area contributed by atoms with E-state index in [0.717, 1.165) is 11.1 Å². The fraction of sp³-hybridized carbons (Fsp3) is 0.250. The van der Waals surface area contributed by atoms with Crippen LogP contribution in [0.2, 0.25) is 0 Å². The van der Waals surface area contributed by atoms with Gasteiger partial charge in [-0.2, -0.15) is 0 Å². The number of aliphatic hydroxyl groups is 1. The van der Waals surface area contributed by atoms with Crippen molar-refractivity contribution in [3.8, 4) is 5.75 Å². The molecule has 2 rings (SSSR count). The molecule has 2 aromatic carbocycles. The quantitative estimate of drug-likeness (QED) is 0.651. The molecule has 0 unspecified atom stereocenters. The van der Waals surface area contributed by atoms with E-state index < -0.39 is 18.0 Å². The van der Waals surface area contributed by atoms with Crippen LogP contribution < -0.4 is 4.74 Å². The number of hydrogen-bond donors (Lipinski definition) is 1. The fourth-order valence-electron chi connectivity index (χ4n) is 2.60. The molecule has 2 atom stereocenters. The van der Waals surface area contributed by atoms with Gasteiger partial charge in [-0.25, -0.2) is 4.79 Å². The van der Waals surface area contributed by atoms with Gasteiger partial charge in [0.2, 0.25) is 0 Å². The molecule has 2 aromatic rings. The summed E-state index contributed by atoms with van der Waals surface area (Å²) in [5, 5.41) is 10.9. The van der Waals surface area contributed by atoms with Crippen LogP contribution in [0.4, 0.5) is 0 Å². The van der Waals surface area contributed by atoms with Crippen LogP contribution in [0.5, 0.6) is 5.75 Å². The molecule has 0 aliphatic carbocycles. The molecule has 0 aliphatic rings. The summed E-state index contributed by atoms with van der Waals surface area (Å²) >= 11 is 0. The molecule has 4 heteroatoms. The van der Waals surface area contributed by atoms with E-state index in [1.54, 1.807) is 31.4 Å². The Morgan fingerprint density at radius 1 is 1.00 bits per heavy atom. The van der Waals surface area contributed by atoms with Crippen LogP contribution in [0.25, 0.3) is 0 Å². The summed E-state index contributed by atoms with van der Waals surface area (Å²) < 4.78 is 9.93. The number of hydrogen-bond acceptors (Lipinski definition) is 4. The first-order valence-corrected chi connectivity index (χ1v) is 7.63. The monoisotopic (exact) mass is 326 g/mol. The lowest BCUT2D eigenvalue weighted by Crippen LogP contribution is -2.19. The van der Waals surface area contributed by atoms with Crippen LogP contribution in [0.3, 0.4) is 0 Å². The number of methoxy groups -OCH3 is 2. The maximum Gasteiger partial charge on any atom is 0.333 e. The van der Waals surface area contributed by atoms with E-state index in [9.17, 15) is 9.90 Å². The summed E-state index contributed by atoms with van der Waals surface area (Å²) in [5.41, 5.74) is 2.79. The predicted molar refractivity (Wildman–Crippen MR) is 93.0 cm³/mol. The molecule has 0 radical (unpaired) electrons. The highest BCUT2D eigenvalue weighted by Gasteiger charge is 2.29. The molecule has 0 spiro atoms. The van der Waals surface area contributed by atoms with E-state index in [4.69, 9.17) is 9.47 Å². The number of aryl methyl sites for hydroxylation is 1. The Kier molecular flexibility index (Phi) is 5.77. The highest BCUT2D eigenvalue weighted by atomic mass is 16.5. The number of rotatable bonds is 6. The molecule has 0 saturated heterocycles. The highest BCUT2D eigenvalue weighted by molar-refractivity contribution is 5.89. The average molecular weight is 326 g/mol. The minimum absolute atomic E-state index is 0.213. The van der Waals surface area contributed by atoms with Gasteiger partial charge < -0.3 is 14.6 Å². The minimum Gasteiger partial charge on any atom is -0.497 e. The zero-order chi connectivity index (χ0) is 17.7.